The predicted octanol–water partition coefficient (Wildman–Crippen LogP) is 4.56. The van der Waals surface area contributed by atoms with Crippen LogP contribution in [-0.4, -0.2) is 35.5 Å². The average molecular weight is 631 g/mol. The molecule has 168 valence electrons. The lowest BCUT2D eigenvalue weighted by atomic mass is 10.2. The molecule has 2 aromatic carbocycles. The molecule has 3 aromatic rings. The number of halogens is 3. The fourth-order valence-corrected chi connectivity index (χ4v) is 4.20. The predicted molar refractivity (Wildman–Crippen MR) is 134 cm³/mol. The van der Waals surface area contributed by atoms with Crippen molar-refractivity contribution >= 4 is 70.8 Å². The molecule has 2 N–H and O–H groups in total. The Morgan fingerprint density at radius 3 is 2.59 bits per heavy atom. The Hall–Kier alpha value is -2.24. The van der Waals surface area contributed by atoms with Crippen LogP contribution >= 0.6 is 47.8 Å². The zero-order chi connectivity index (χ0) is 23.6. The van der Waals surface area contributed by atoms with Crippen molar-refractivity contribution in [2.24, 2.45) is 10.8 Å². The molecular formula is C21H19Br3N4O4. The minimum atomic E-state index is -0.614. The van der Waals surface area contributed by atoms with Gasteiger partial charge in [-0.15, -0.1) is 0 Å². The Labute approximate surface area is 209 Å². The molecule has 1 amide bonds. The van der Waals surface area contributed by atoms with Crippen LogP contribution in [0.15, 0.2) is 47.6 Å². The number of hydrogen-bond acceptors (Lipinski definition) is 6. The second-order valence-electron chi connectivity index (χ2n) is 7.03. The van der Waals surface area contributed by atoms with Crippen LogP contribution in [0.5, 0.6) is 11.5 Å². The van der Waals surface area contributed by atoms with E-state index in [1.165, 1.54) is 18.0 Å². The molecule has 0 radical (unpaired) electrons. The molecule has 0 unspecified atom stereocenters. The van der Waals surface area contributed by atoms with E-state index in [0.29, 0.717) is 42.7 Å². The first-order valence-corrected chi connectivity index (χ1v) is 11.8. The van der Waals surface area contributed by atoms with Gasteiger partial charge in [0.15, 0.2) is 18.1 Å². The molecule has 0 bridgehead atoms. The maximum atomic E-state index is 13.2. The quantitative estimate of drug-likeness (QED) is 0.385. The molecule has 0 spiro atoms. The van der Waals surface area contributed by atoms with Gasteiger partial charge in [0.1, 0.15) is 5.82 Å². The van der Waals surface area contributed by atoms with Gasteiger partial charge in [0.2, 0.25) is 0 Å². The molecule has 0 saturated heterocycles. The van der Waals surface area contributed by atoms with Crippen molar-refractivity contribution in [1.82, 2.24) is 9.66 Å². The minimum Gasteiger partial charge on any atom is -0.493 e. The topological polar surface area (TPSA) is 109 Å². The van der Waals surface area contributed by atoms with Gasteiger partial charge in [-0.1, -0.05) is 29.8 Å². The van der Waals surface area contributed by atoms with E-state index in [2.05, 4.69) is 57.9 Å². The van der Waals surface area contributed by atoms with Crippen LogP contribution in [0.2, 0.25) is 0 Å². The van der Waals surface area contributed by atoms with E-state index in [0.717, 1.165) is 4.47 Å². The van der Waals surface area contributed by atoms with E-state index in [4.69, 9.17) is 15.2 Å². The molecule has 32 heavy (non-hydrogen) atoms. The van der Waals surface area contributed by atoms with Gasteiger partial charge in [-0.05, 0) is 56.1 Å². The van der Waals surface area contributed by atoms with Crippen molar-refractivity contribution in [3.05, 3.63) is 59.4 Å². The number of hydrogen-bond donors (Lipinski definition) is 1. The van der Waals surface area contributed by atoms with E-state index < -0.39 is 5.91 Å². The molecule has 0 saturated carbocycles. The number of nitrogens with two attached hydrogens (primary N) is 1. The third-order valence-electron chi connectivity index (χ3n) is 4.40. The van der Waals surface area contributed by atoms with Gasteiger partial charge in [-0.3, -0.25) is 9.59 Å². The van der Waals surface area contributed by atoms with E-state index in [1.54, 1.807) is 18.2 Å². The van der Waals surface area contributed by atoms with Crippen LogP contribution in [0, 0.1) is 0 Å². The SMILES string of the molecule is COc1cc(C=Nn2c(C(C)C)nc3ccc(Br)cc3c2=O)c(Br)c(Br)c1OCC(N)=O. The number of carbonyl (C=O) groups excluding carboxylic acids is 1. The Balaban J connectivity index is 2.14. The largest absolute Gasteiger partial charge is 0.493 e. The lowest BCUT2D eigenvalue weighted by Gasteiger charge is -2.15. The molecule has 11 heteroatoms. The van der Waals surface area contributed by atoms with Gasteiger partial charge >= 0.3 is 0 Å². The summed E-state index contributed by atoms with van der Waals surface area (Å²) in [6.45, 7) is 3.58. The normalized spacial score (nSPS) is 11.5. The van der Waals surface area contributed by atoms with Crippen molar-refractivity contribution in [3.63, 3.8) is 0 Å². The summed E-state index contributed by atoms with van der Waals surface area (Å²) in [6, 6.07) is 7.03. The van der Waals surface area contributed by atoms with Crippen LogP contribution in [0.25, 0.3) is 10.9 Å². The number of methoxy groups -OCH3 is 1. The number of fused-ring (bicyclic) bond motifs is 1. The Morgan fingerprint density at radius 1 is 1.25 bits per heavy atom. The first kappa shape index (κ1) is 24.4. The van der Waals surface area contributed by atoms with Crippen LogP contribution in [-0.2, 0) is 4.79 Å². The average Bonchev–Trinajstić information content (AvgIpc) is 2.74. The number of benzene rings is 2. The molecular weight excluding hydrogens is 612 g/mol. The van der Waals surface area contributed by atoms with Crippen molar-refractivity contribution in [1.29, 1.82) is 0 Å². The lowest BCUT2D eigenvalue weighted by Crippen LogP contribution is -2.23. The Kier molecular flexibility index (Phi) is 7.73. The molecule has 0 aliphatic rings. The van der Waals surface area contributed by atoms with Gasteiger partial charge in [0.25, 0.3) is 11.5 Å². The van der Waals surface area contributed by atoms with Gasteiger partial charge in [-0.25, -0.2) is 4.98 Å². The highest BCUT2D eigenvalue weighted by Gasteiger charge is 2.18. The highest BCUT2D eigenvalue weighted by Crippen LogP contribution is 2.42. The summed E-state index contributed by atoms with van der Waals surface area (Å²) in [5, 5.41) is 4.89. The monoisotopic (exact) mass is 628 g/mol. The summed E-state index contributed by atoms with van der Waals surface area (Å²) in [6.07, 6.45) is 1.52. The molecule has 0 fully saturated rings. The van der Waals surface area contributed by atoms with E-state index in [-0.39, 0.29) is 18.1 Å². The van der Waals surface area contributed by atoms with Crippen molar-refractivity contribution in [2.45, 2.75) is 19.8 Å². The first-order chi connectivity index (χ1) is 15.1. The summed E-state index contributed by atoms with van der Waals surface area (Å²) < 4.78 is 14.0. The van der Waals surface area contributed by atoms with Crippen LogP contribution in [0.1, 0.15) is 31.2 Å². The number of rotatable bonds is 7. The lowest BCUT2D eigenvalue weighted by molar-refractivity contribution is -0.119. The highest BCUT2D eigenvalue weighted by atomic mass is 79.9. The van der Waals surface area contributed by atoms with Crippen molar-refractivity contribution in [2.75, 3.05) is 13.7 Å². The van der Waals surface area contributed by atoms with Gasteiger partial charge in [-0.2, -0.15) is 9.78 Å². The van der Waals surface area contributed by atoms with Crippen LogP contribution in [0.4, 0.5) is 0 Å². The Bertz CT molecular complexity index is 1290. The van der Waals surface area contributed by atoms with Crippen LogP contribution in [0.3, 0.4) is 0 Å². The number of amides is 1. The maximum Gasteiger partial charge on any atom is 0.282 e. The van der Waals surface area contributed by atoms with Crippen molar-refractivity contribution < 1.29 is 14.3 Å². The number of nitrogens with zero attached hydrogens (tertiary/aromatic N) is 3. The summed E-state index contributed by atoms with van der Waals surface area (Å²) >= 11 is 10.3. The number of carbonyl (C=O) groups is 1. The molecule has 3 rings (SSSR count). The third-order valence-corrected chi connectivity index (χ3v) is 7.03. The van der Waals surface area contributed by atoms with E-state index >= 15 is 0 Å². The van der Waals surface area contributed by atoms with Gasteiger partial charge in [0.05, 0.1) is 28.7 Å². The molecule has 0 aliphatic heterocycles. The minimum absolute atomic E-state index is 0.0396. The van der Waals surface area contributed by atoms with Gasteiger partial charge in [0, 0.05) is 20.4 Å². The zero-order valence-electron chi connectivity index (χ0n) is 17.4. The van der Waals surface area contributed by atoms with Gasteiger partial charge < -0.3 is 15.2 Å². The molecule has 1 aromatic heterocycles. The fourth-order valence-electron chi connectivity index (χ4n) is 2.90. The molecule has 8 nitrogen and oxygen atoms in total. The zero-order valence-corrected chi connectivity index (χ0v) is 22.1. The number of ether oxygens (including phenoxy) is 2. The number of aromatic nitrogens is 2. The maximum absolute atomic E-state index is 13.2. The summed E-state index contributed by atoms with van der Waals surface area (Å²) in [5.74, 6) is 0.552. The molecule has 1 heterocycles. The van der Waals surface area contributed by atoms with E-state index in [9.17, 15) is 9.59 Å². The number of primary amides is 1. The molecule has 0 aliphatic carbocycles. The smallest absolute Gasteiger partial charge is 0.282 e. The summed E-state index contributed by atoms with van der Waals surface area (Å²) in [4.78, 5) is 28.9. The highest BCUT2D eigenvalue weighted by molar-refractivity contribution is 9.13. The molecule has 0 atom stereocenters. The second kappa shape index (κ2) is 10.1. The summed E-state index contributed by atoms with van der Waals surface area (Å²) in [5.41, 5.74) is 6.11. The fraction of sp³-hybridized carbons (Fsp3) is 0.238. The summed E-state index contributed by atoms with van der Waals surface area (Å²) in [7, 11) is 1.47. The second-order valence-corrected chi connectivity index (χ2v) is 9.53. The van der Waals surface area contributed by atoms with Crippen LogP contribution < -0.4 is 20.8 Å². The Morgan fingerprint density at radius 2 is 1.97 bits per heavy atom. The van der Waals surface area contributed by atoms with Crippen molar-refractivity contribution in [3.8, 4) is 11.5 Å². The third kappa shape index (κ3) is 5.05. The van der Waals surface area contributed by atoms with E-state index in [1.807, 2.05) is 19.9 Å². The standard InChI is InChI=1S/C21H19Br3N4O4/c1-10(2)20-27-14-5-4-12(22)7-13(14)21(30)28(20)26-8-11-6-15(31-3)19(18(24)17(11)23)32-9-16(25)29/h4-8,10H,9H2,1-3H3,(H2,25,29). The first-order valence-electron chi connectivity index (χ1n) is 9.37.